The molecule has 0 amide bonds. The van der Waals surface area contributed by atoms with Crippen molar-refractivity contribution in [2.24, 2.45) is 5.16 Å². The molecule has 0 atom stereocenters. The summed E-state index contributed by atoms with van der Waals surface area (Å²) in [5.41, 5.74) is 0.519. The van der Waals surface area contributed by atoms with Crippen LogP contribution in [-0.4, -0.2) is 11.4 Å². The molecule has 0 aliphatic heterocycles. The Balaban J connectivity index is 3.04. The van der Waals surface area contributed by atoms with Crippen molar-refractivity contribution in [2.75, 3.05) is 0 Å². The lowest BCUT2D eigenvalue weighted by Crippen LogP contribution is -1.95. The van der Waals surface area contributed by atoms with Crippen molar-refractivity contribution in [3.05, 3.63) is 66.7 Å². The summed E-state index contributed by atoms with van der Waals surface area (Å²) in [7, 11) is 0. The Labute approximate surface area is 98.8 Å². The molecule has 0 fully saturated rings. The minimum absolute atomic E-state index is 0.0235. The van der Waals surface area contributed by atoms with Gasteiger partial charge in [0.25, 0.3) is 0 Å². The highest BCUT2D eigenvalue weighted by molar-refractivity contribution is 5.79. The Morgan fingerprint density at radius 2 is 2.18 bits per heavy atom. The molecule has 0 saturated carbocycles. The molecule has 3 nitrogen and oxygen atoms in total. The zero-order chi connectivity index (χ0) is 12.7. The second-order valence-corrected chi connectivity index (χ2v) is 3.05. The molecular weight excluding hydrogens is 221 g/mol. The van der Waals surface area contributed by atoms with Gasteiger partial charge in [-0.05, 0) is 29.8 Å². The van der Waals surface area contributed by atoms with Gasteiger partial charge in [-0.3, -0.25) is 0 Å². The van der Waals surface area contributed by atoms with Gasteiger partial charge in [0, 0.05) is 0 Å². The summed E-state index contributed by atoms with van der Waals surface area (Å²) in [6.07, 6.45) is 5.68. The SMILES string of the molecule is C=C/C=C(\C=C)Oc1cc(/C=N/O)ccc1F. The summed E-state index contributed by atoms with van der Waals surface area (Å²) in [5.74, 6) is -0.121. The molecule has 0 aliphatic rings. The van der Waals surface area contributed by atoms with Gasteiger partial charge in [-0.25, -0.2) is 4.39 Å². The van der Waals surface area contributed by atoms with Gasteiger partial charge in [0.1, 0.15) is 5.76 Å². The average Bonchev–Trinajstić information content (AvgIpc) is 2.33. The second kappa shape index (κ2) is 6.27. The third-order valence-electron chi connectivity index (χ3n) is 1.87. The van der Waals surface area contributed by atoms with Gasteiger partial charge in [0.2, 0.25) is 0 Å². The van der Waals surface area contributed by atoms with Crippen LogP contribution < -0.4 is 4.74 Å². The molecule has 0 saturated heterocycles. The fourth-order valence-electron chi connectivity index (χ4n) is 1.13. The average molecular weight is 233 g/mol. The van der Waals surface area contributed by atoms with Crippen LogP contribution in [0.25, 0.3) is 0 Å². The molecule has 88 valence electrons. The molecule has 0 spiro atoms. The molecule has 17 heavy (non-hydrogen) atoms. The van der Waals surface area contributed by atoms with E-state index in [9.17, 15) is 4.39 Å². The Morgan fingerprint density at radius 3 is 2.76 bits per heavy atom. The highest BCUT2D eigenvalue weighted by Gasteiger charge is 2.05. The first-order valence-electron chi connectivity index (χ1n) is 4.81. The number of benzene rings is 1. The minimum Gasteiger partial charge on any atom is -0.454 e. The van der Waals surface area contributed by atoms with Crippen molar-refractivity contribution in [2.45, 2.75) is 0 Å². The predicted molar refractivity (Wildman–Crippen MR) is 64.9 cm³/mol. The van der Waals surface area contributed by atoms with Crippen LogP contribution in [0.5, 0.6) is 5.75 Å². The summed E-state index contributed by atoms with van der Waals surface area (Å²) in [4.78, 5) is 0. The zero-order valence-corrected chi connectivity index (χ0v) is 9.14. The van der Waals surface area contributed by atoms with Crippen LogP contribution in [0, 0.1) is 5.82 Å². The molecule has 0 heterocycles. The molecule has 0 bridgehead atoms. The summed E-state index contributed by atoms with van der Waals surface area (Å²) in [6.45, 7) is 7.04. The van der Waals surface area contributed by atoms with E-state index in [1.165, 1.54) is 36.6 Å². The van der Waals surface area contributed by atoms with E-state index in [1.807, 2.05) is 0 Å². The summed E-state index contributed by atoms with van der Waals surface area (Å²) < 4.78 is 18.7. The number of ether oxygens (including phenoxy) is 1. The monoisotopic (exact) mass is 233 g/mol. The Kier molecular flexibility index (Phi) is 4.69. The lowest BCUT2D eigenvalue weighted by molar-refractivity contribution is 0.322. The molecule has 1 aromatic rings. The first kappa shape index (κ1) is 12.7. The van der Waals surface area contributed by atoms with Gasteiger partial charge in [-0.2, -0.15) is 0 Å². The van der Waals surface area contributed by atoms with Crippen LogP contribution in [0.4, 0.5) is 4.39 Å². The third-order valence-corrected chi connectivity index (χ3v) is 1.87. The van der Waals surface area contributed by atoms with Crippen LogP contribution in [0.1, 0.15) is 5.56 Å². The normalized spacial score (nSPS) is 11.5. The number of hydrogen-bond acceptors (Lipinski definition) is 3. The Hall–Kier alpha value is -2.36. The molecule has 1 aromatic carbocycles. The highest BCUT2D eigenvalue weighted by atomic mass is 19.1. The van der Waals surface area contributed by atoms with Gasteiger partial charge < -0.3 is 9.94 Å². The third kappa shape index (κ3) is 3.61. The van der Waals surface area contributed by atoms with Crippen LogP contribution in [0.3, 0.4) is 0 Å². The maximum Gasteiger partial charge on any atom is 0.165 e. The predicted octanol–water partition coefficient (Wildman–Crippen LogP) is 3.27. The van der Waals surface area contributed by atoms with Gasteiger partial charge in [0.05, 0.1) is 6.21 Å². The van der Waals surface area contributed by atoms with E-state index in [2.05, 4.69) is 18.3 Å². The number of rotatable bonds is 5. The number of halogens is 1. The first-order chi connectivity index (χ1) is 8.21. The number of oxime groups is 1. The molecular formula is C13H12FNO2. The lowest BCUT2D eigenvalue weighted by Gasteiger charge is -2.07. The van der Waals surface area contributed by atoms with Gasteiger partial charge in [-0.15, -0.1) is 0 Å². The molecule has 0 aromatic heterocycles. The number of nitrogens with zero attached hydrogens (tertiary/aromatic N) is 1. The zero-order valence-electron chi connectivity index (χ0n) is 9.14. The maximum absolute atomic E-state index is 13.4. The standard InChI is InChI=1S/C13H12FNO2/c1-3-5-11(4-2)17-13-8-10(9-15-16)6-7-12(13)14/h3-9,16H,1-2H2/b11-5+,15-9+. The summed E-state index contributed by atoms with van der Waals surface area (Å²) >= 11 is 0. The second-order valence-electron chi connectivity index (χ2n) is 3.05. The first-order valence-corrected chi connectivity index (χ1v) is 4.81. The van der Waals surface area contributed by atoms with E-state index in [-0.39, 0.29) is 5.75 Å². The lowest BCUT2D eigenvalue weighted by atomic mass is 10.2. The van der Waals surface area contributed by atoms with Gasteiger partial charge in [0.15, 0.2) is 11.6 Å². The molecule has 0 unspecified atom stereocenters. The quantitative estimate of drug-likeness (QED) is 0.279. The van der Waals surface area contributed by atoms with Crippen molar-refractivity contribution in [1.29, 1.82) is 0 Å². The van der Waals surface area contributed by atoms with E-state index < -0.39 is 5.82 Å². The minimum atomic E-state index is -0.517. The van der Waals surface area contributed by atoms with Crippen molar-refractivity contribution >= 4 is 6.21 Å². The molecule has 1 N–H and O–H groups in total. The number of allylic oxidation sites excluding steroid dienone is 3. The van der Waals surface area contributed by atoms with E-state index in [4.69, 9.17) is 9.94 Å². The van der Waals surface area contributed by atoms with Crippen LogP contribution >= 0.6 is 0 Å². The summed E-state index contributed by atoms with van der Waals surface area (Å²) in [5, 5.41) is 11.2. The Bertz CT molecular complexity index is 478. The maximum atomic E-state index is 13.4. The molecule has 0 aliphatic carbocycles. The van der Waals surface area contributed by atoms with E-state index >= 15 is 0 Å². The van der Waals surface area contributed by atoms with Crippen molar-refractivity contribution in [3.8, 4) is 5.75 Å². The topological polar surface area (TPSA) is 41.8 Å². The summed E-state index contributed by atoms with van der Waals surface area (Å²) in [6, 6.07) is 4.10. The largest absolute Gasteiger partial charge is 0.454 e. The van der Waals surface area contributed by atoms with E-state index in [0.717, 1.165) is 0 Å². The molecule has 0 radical (unpaired) electrons. The smallest absolute Gasteiger partial charge is 0.165 e. The highest BCUT2D eigenvalue weighted by Crippen LogP contribution is 2.20. The van der Waals surface area contributed by atoms with Crippen LogP contribution in [0.2, 0.25) is 0 Å². The molecule has 4 heteroatoms. The van der Waals surface area contributed by atoms with E-state index in [1.54, 1.807) is 6.08 Å². The fourth-order valence-corrected chi connectivity index (χ4v) is 1.13. The van der Waals surface area contributed by atoms with Crippen LogP contribution in [-0.2, 0) is 0 Å². The van der Waals surface area contributed by atoms with Crippen molar-refractivity contribution < 1.29 is 14.3 Å². The van der Waals surface area contributed by atoms with Crippen molar-refractivity contribution in [3.63, 3.8) is 0 Å². The van der Waals surface area contributed by atoms with Crippen LogP contribution in [0.15, 0.2) is 60.5 Å². The number of hydrogen-bond donors (Lipinski definition) is 1. The molecule has 1 rings (SSSR count). The Morgan fingerprint density at radius 1 is 1.41 bits per heavy atom. The van der Waals surface area contributed by atoms with Gasteiger partial charge in [-0.1, -0.05) is 30.5 Å². The van der Waals surface area contributed by atoms with E-state index in [0.29, 0.717) is 11.3 Å². The van der Waals surface area contributed by atoms with Gasteiger partial charge >= 0.3 is 0 Å². The fraction of sp³-hybridized carbons (Fsp3) is 0. The van der Waals surface area contributed by atoms with Crippen molar-refractivity contribution in [1.82, 2.24) is 0 Å².